The van der Waals surface area contributed by atoms with Crippen LogP contribution in [0.3, 0.4) is 0 Å². The lowest BCUT2D eigenvalue weighted by atomic mass is 9.82. The van der Waals surface area contributed by atoms with Crippen molar-refractivity contribution in [2.45, 2.75) is 38.0 Å². The van der Waals surface area contributed by atoms with Gasteiger partial charge >= 0.3 is 0 Å². The molecule has 0 radical (unpaired) electrons. The summed E-state index contributed by atoms with van der Waals surface area (Å²) in [6.45, 7) is 3.35. The molecule has 138 valence electrons. The molecule has 5 heteroatoms. The Morgan fingerprint density at radius 1 is 1.12 bits per heavy atom. The number of rotatable bonds is 4. The maximum Gasteiger partial charge on any atom is 0.222 e. The second-order valence-corrected chi connectivity index (χ2v) is 7.78. The van der Waals surface area contributed by atoms with E-state index in [-0.39, 0.29) is 0 Å². The zero-order valence-electron chi connectivity index (χ0n) is 15.6. The number of nitrogens with two attached hydrogens (primary N) is 1. The molecule has 1 aromatic heterocycles. The van der Waals surface area contributed by atoms with Crippen LogP contribution in [0.15, 0.2) is 30.3 Å². The minimum absolute atomic E-state index is 0.328. The summed E-state index contributed by atoms with van der Waals surface area (Å²) in [5, 5.41) is 3.62. The topological polar surface area (TPSA) is 67.1 Å². The summed E-state index contributed by atoms with van der Waals surface area (Å²) in [5.74, 6) is 2.39. The molecule has 3 N–H and O–H groups in total. The van der Waals surface area contributed by atoms with Crippen molar-refractivity contribution in [1.82, 2.24) is 14.9 Å². The van der Waals surface area contributed by atoms with Crippen molar-refractivity contribution in [3.05, 3.63) is 47.2 Å². The van der Waals surface area contributed by atoms with Gasteiger partial charge in [-0.2, -0.15) is 4.98 Å². The first-order valence-corrected chi connectivity index (χ1v) is 9.84. The molecule has 2 heterocycles. The lowest BCUT2D eigenvalue weighted by Crippen LogP contribution is -2.33. The normalized spacial score (nSPS) is 21.3. The molecule has 1 aliphatic carbocycles. The van der Waals surface area contributed by atoms with E-state index in [2.05, 4.69) is 57.6 Å². The summed E-state index contributed by atoms with van der Waals surface area (Å²) in [4.78, 5) is 11.6. The Bertz CT molecular complexity index is 738. The number of aromatic nitrogens is 2. The average molecular weight is 351 g/mol. The Morgan fingerprint density at radius 2 is 1.88 bits per heavy atom. The highest BCUT2D eigenvalue weighted by atomic mass is 15.1. The van der Waals surface area contributed by atoms with Crippen molar-refractivity contribution in [2.24, 2.45) is 5.92 Å². The van der Waals surface area contributed by atoms with Gasteiger partial charge in [0.15, 0.2) is 0 Å². The van der Waals surface area contributed by atoms with E-state index in [9.17, 15) is 0 Å². The summed E-state index contributed by atoms with van der Waals surface area (Å²) in [6.07, 6.45) is 5.83. The van der Waals surface area contributed by atoms with Gasteiger partial charge in [0.1, 0.15) is 5.82 Å². The fourth-order valence-electron chi connectivity index (χ4n) is 4.34. The molecule has 26 heavy (non-hydrogen) atoms. The maximum absolute atomic E-state index is 6.08. The number of fused-ring (bicyclic) bond motifs is 1. The van der Waals surface area contributed by atoms with Gasteiger partial charge in [0.05, 0.1) is 5.69 Å². The average Bonchev–Trinajstić information content (AvgIpc) is 2.67. The van der Waals surface area contributed by atoms with Crippen molar-refractivity contribution in [3.8, 4) is 0 Å². The van der Waals surface area contributed by atoms with E-state index < -0.39 is 0 Å². The number of hydrogen-bond acceptors (Lipinski definition) is 5. The predicted octanol–water partition coefficient (Wildman–Crippen LogP) is 3.28. The van der Waals surface area contributed by atoms with Crippen LogP contribution in [0, 0.1) is 5.92 Å². The van der Waals surface area contributed by atoms with Crippen LogP contribution in [0.1, 0.15) is 48.4 Å². The molecule has 4 rings (SSSR count). The van der Waals surface area contributed by atoms with Gasteiger partial charge in [0, 0.05) is 18.0 Å². The number of nitrogen functional groups attached to an aromatic ring is 1. The number of hydrogen-bond donors (Lipinski definition) is 2. The number of piperidine rings is 1. The van der Waals surface area contributed by atoms with Gasteiger partial charge in [0.25, 0.3) is 0 Å². The third kappa shape index (κ3) is 3.68. The smallest absolute Gasteiger partial charge is 0.222 e. The van der Waals surface area contributed by atoms with Gasteiger partial charge in [-0.25, -0.2) is 4.98 Å². The number of benzene rings is 1. The summed E-state index contributed by atoms with van der Waals surface area (Å²) < 4.78 is 0. The van der Waals surface area contributed by atoms with Gasteiger partial charge in [-0.1, -0.05) is 30.3 Å². The van der Waals surface area contributed by atoms with Gasteiger partial charge in [-0.05, 0) is 63.7 Å². The van der Waals surface area contributed by atoms with E-state index in [1.165, 1.54) is 43.5 Å². The third-order valence-corrected chi connectivity index (χ3v) is 5.90. The van der Waals surface area contributed by atoms with E-state index in [0.717, 1.165) is 30.9 Å². The number of likely N-dealkylation sites (tertiary alicyclic amines) is 1. The van der Waals surface area contributed by atoms with Crippen LogP contribution in [-0.2, 0) is 6.42 Å². The predicted molar refractivity (Wildman–Crippen MR) is 106 cm³/mol. The molecule has 2 aliphatic rings. The quantitative estimate of drug-likeness (QED) is 0.885. The molecule has 1 unspecified atom stereocenters. The van der Waals surface area contributed by atoms with Crippen LogP contribution in [0.5, 0.6) is 0 Å². The third-order valence-electron chi connectivity index (χ3n) is 5.90. The van der Waals surface area contributed by atoms with Crippen molar-refractivity contribution in [2.75, 3.05) is 37.7 Å². The molecule has 1 atom stereocenters. The zero-order valence-corrected chi connectivity index (χ0v) is 15.6. The van der Waals surface area contributed by atoms with Gasteiger partial charge < -0.3 is 16.0 Å². The molecule has 5 nitrogen and oxygen atoms in total. The summed E-state index contributed by atoms with van der Waals surface area (Å²) >= 11 is 0. The fraction of sp³-hybridized carbons (Fsp3) is 0.524. The van der Waals surface area contributed by atoms with E-state index in [1.807, 2.05) is 0 Å². The van der Waals surface area contributed by atoms with Crippen LogP contribution < -0.4 is 11.1 Å². The standard InChI is InChI=1S/C21H29N5/c1-26-12-10-15(11-13-26)14-23-20-18-9-5-8-17(16-6-3-2-4-7-16)19(18)24-21(22)25-20/h2-4,6-7,15,17H,5,8-14H2,1H3,(H3,22,23,24,25). The minimum atomic E-state index is 0.328. The second-order valence-electron chi connectivity index (χ2n) is 7.78. The molecule has 2 aromatic rings. The Labute approximate surface area is 156 Å². The van der Waals surface area contributed by atoms with E-state index >= 15 is 0 Å². The molecule has 1 aromatic carbocycles. The summed E-state index contributed by atoms with van der Waals surface area (Å²) in [7, 11) is 2.20. The molecule has 0 bridgehead atoms. The maximum atomic E-state index is 6.08. The molecular formula is C21H29N5. The highest BCUT2D eigenvalue weighted by Gasteiger charge is 2.27. The molecule has 0 saturated carbocycles. The second kappa shape index (κ2) is 7.62. The van der Waals surface area contributed by atoms with Crippen LogP contribution in [0.4, 0.5) is 11.8 Å². The highest BCUT2D eigenvalue weighted by molar-refractivity contribution is 5.53. The van der Waals surface area contributed by atoms with Gasteiger partial charge in [-0.3, -0.25) is 0 Å². The monoisotopic (exact) mass is 351 g/mol. The molecule has 1 saturated heterocycles. The molecule has 1 aliphatic heterocycles. The molecule has 0 amide bonds. The van der Waals surface area contributed by atoms with Crippen LogP contribution >= 0.6 is 0 Å². The van der Waals surface area contributed by atoms with Gasteiger partial charge in [0.2, 0.25) is 5.95 Å². The van der Waals surface area contributed by atoms with Crippen molar-refractivity contribution < 1.29 is 0 Å². The van der Waals surface area contributed by atoms with Crippen LogP contribution in [0.2, 0.25) is 0 Å². The summed E-state index contributed by atoms with van der Waals surface area (Å²) in [6, 6.07) is 10.7. The SMILES string of the molecule is CN1CCC(CNc2nc(N)nc3c2CCCC3c2ccccc2)CC1. The van der Waals surface area contributed by atoms with Crippen LogP contribution in [0.25, 0.3) is 0 Å². The molecule has 1 fully saturated rings. The van der Waals surface area contributed by atoms with E-state index in [4.69, 9.17) is 5.73 Å². The largest absolute Gasteiger partial charge is 0.369 e. The van der Waals surface area contributed by atoms with Gasteiger partial charge in [-0.15, -0.1) is 0 Å². The Balaban J connectivity index is 1.56. The van der Waals surface area contributed by atoms with Crippen molar-refractivity contribution in [1.29, 1.82) is 0 Å². The first kappa shape index (κ1) is 17.3. The molecule has 0 spiro atoms. The lowest BCUT2D eigenvalue weighted by molar-refractivity contribution is 0.226. The number of nitrogens with zero attached hydrogens (tertiary/aromatic N) is 3. The first-order chi connectivity index (χ1) is 12.7. The summed E-state index contributed by atoms with van der Waals surface area (Å²) in [5.41, 5.74) is 9.80. The Kier molecular flexibility index (Phi) is 5.07. The van der Waals surface area contributed by atoms with Crippen molar-refractivity contribution in [3.63, 3.8) is 0 Å². The fourth-order valence-corrected chi connectivity index (χ4v) is 4.34. The van der Waals surface area contributed by atoms with E-state index in [0.29, 0.717) is 17.8 Å². The van der Waals surface area contributed by atoms with Crippen molar-refractivity contribution >= 4 is 11.8 Å². The zero-order chi connectivity index (χ0) is 17.9. The Morgan fingerprint density at radius 3 is 2.65 bits per heavy atom. The lowest BCUT2D eigenvalue weighted by Gasteiger charge is -2.30. The van der Waals surface area contributed by atoms with Crippen LogP contribution in [-0.4, -0.2) is 41.5 Å². The number of nitrogens with one attached hydrogen (secondary N) is 1. The number of anilines is 2. The Hall–Kier alpha value is -2.14. The minimum Gasteiger partial charge on any atom is -0.369 e. The molecular weight excluding hydrogens is 322 g/mol. The van der Waals surface area contributed by atoms with E-state index in [1.54, 1.807) is 0 Å². The highest BCUT2D eigenvalue weighted by Crippen LogP contribution is 2.38. The first-order valence-electron chi connectivity index (χ1n) is 9.84.